The Morgan fingerprint density at radius 2 is 1.88 bits per heavy atom. The van der Waals surface area contributed by atoms with Gasteiger partial charge < -0.3 is 4.74 Å². The molecule has 1 aliphatic heterocycles. The third-order valence-electron chi connectivity index (χ3n) is 4.02. The summed E-state index contributed by atoms with van der Waals surface area (Å²) < 4.78 is 5.38. The lowest BCUT2D eigenvalue weighted by molar-refractivity contribution is -0.0471. The van der Waals surface area contributed by atoms with Crippen LogP contribution in [0.5, 0.6) is 0 Å². The molecule has 0 saturated carbocycles. The van der Waals surface area contributed by atoms with Gasteiger partial charge in [-0.2, -0.15) is 12.6 Å². The maximum Gasteiger partial charge on any atom is 0.0593 e. The van der Waals surface area contributed by atoms with Gasteiger partial charge in [-0.15, -0.1) is 0 Å². The lowest BCUT2D eigenvalue weighted by Crippen LogP contribution is -2.48. The zero-order chi connectivity index (χ0) is 11.0. The molecule has 2 heteroatoms. The summed E-state index contributed by atoms with van der Waals surface area (Å²) in [6.07, 6.45) is 5.22. The molecular weight excluding hydrogens is 216 g/mol. The highest BCUT2D eigenvalue weighted by atomic mass is 32.1. The van der Waals surface area contributed by atoms with Crippen molar-refractivity contribution < 1.29 is 4.74 Å². The summed E-state index contributed by atoms with van der Waals surface area (Å²) >= 11 is 4.49. The van der Waals surface area contributed by atoms with Crippen LogP contribution >= 0.6 is 12.6 Å². The molecule has 1 aromatic carbocycles. The van der Waals surface area contributed by atoms with Gasteiger partial charge in [0.25, 0.3) is 0 Å². The minimum atomic E-state index is 0.204. The Labute approximate surface area is 103 Å². The van der Waals surface area contributed by atoms with Crippen LogP contribution in [0.1, 0.15) is 29.5 Å². The van der Waals surface area contributed by atoms with Crippen molar-refractivity contribution in [3.8, 4) is 0 Å². The number of thiol groups is 1. The number of aryl methyl sites for hydroxylation is 2. The van der Waals surface area contributed by atoms with Crippen LogP contribution in [0.15, 0.2) is 18.2 Å². The van der Waals surface area contributed by atoms with E-state index in [1.165, 1.54) is 31.2 Å². The quantitative estimate of drug-likeness (QED) is 0.774. The second kappa shape index (κ2) is 4.08. The van der Waals surface area contributed by atoms with Crippen molar-refractivity contribution in [1.29, 1.82) is 0 Å². The molecule has 1 heterocycles. The summed E-state index contributed by atoms with van der Waals surface area (Å²) in [6.45, 7) is 1.69. The SMILES string of the molecule is SCC1(c2ccc3c(c2)CCCC3)COC1. The Kier molecular flexibility index (Phi) is 2.72. The molecule has 2 aliphatic rings. The molecule has 16 heavy (non-hydrogen) atoms. The van der Waals surface area contributed by atoms with Crippen LogP contribution in [0.3, 0.4) is 0 Å². The first-order valence-electron chi connectivity index (χ1n) is 6.15. The van der Waals surface area contributed by atoms with E-state index in [1.54, 1.807) is 11.1 Å². The molecule has 0 bridgehead atoms. The van der Waals surface area contributed by atoms with Crippen molar-refractivity contribution in [1.82, 2.24) is 0 Å². The van der Waals surface area contributed by atoms with Gasteiger partial charge in [0.05, 0.1) is 18.6 Å². The minimum absolute atomic E-state index is 0.204. The number of rotatable bonds is 2. The molecule has 0 atom stereocenters. The summed E-state index contributed by atoms with van der Waals surface area (Å²) in [5.74, 6) is 0.895. The van der Waals surface area contributed by atoms with Gasteiger partial charge in [-0.3, -0.25) is 0 Å². The largest absolute Gasteiger partial charge is 0.379 e. The average Bonchev–Trinajstić information content (AvgIpc) is 2.28. The smallest absolute Gasteiger partial charge is 0.0593 e. The van der Waals surface area contributed by atoms with Gasteiger partial charge in [-0.1, -0.05) is 18.2 Å². The summed E-state index contributed by atoms with van der Waals surface area (Å²) in [7, 11) is 0. The average molecular weight is 234 g/mol. The molecule has 1 nitrogen and oxygen atoms in total. The highest BCUT2D eigenvalue weighted by molar-refractivity contribution is 7.80. The highest BCUT2D eigenvalue weighted by Crippen LogP contribution is 2.35. The van der Waals surface area contributed by atoms with Gasteiger partial charge in [0.1, 0.15) is 0 Å². The van der Waals surface area contributed by atoms with E-state index in [9.17, 15) is 0 Å². The van der Waals surface area contributed by atoms with E-state index in [1.807, 2.05) is 0 Å². The number of ether oxygens (including phenoxy) is 1. The van der Waals surface area contributed by atoms with Crippen molar-refractivity contribution in [3.05, 3.63) is 34.9 Å². The maximum atomic E-state index is 5.38. The fourth-order valence-corrected chi connectivity index (χ4v) is 3.13. The molecule has 1 aromatic rings. The first-order valence-corrected chi connectivity index (χ1v) is 6.78. The van der Waals surface area contributed by atoms with Gasteiger partial charge in [0.15, 0.2) is 0 Å². The van der Waals surface area contributed by atoms with Crippen LogP contribution in [0.4, 0.5) is 0 Å². The second-order valence-electron chi connectivity index (χ2n) is 5.12. The third kappa shape index (κ3) is 1.59. The van der Waals surface area contributed by atoms with E-state index < -0.39 is 0 Å². The van der Waals surface area contributed by atoms with Gasteiger partial charge in [-0.05, 0) is 42.4 Å². The maximum absolute atomic E-state index is 5.38. The first kappa shape index (κ1) is 10.7. The van der Waals surface area contributed by atoms with Gasteiger partial charge >= 0.3 is 0 Å². The van der Waals surface area contributed by atoms with E-state index in [0.29, 0.717) is 0 Å². The molecule has 86 valence electrons. The lowest BCUT2D eigenvalue weighted by atomic mass is 9.78. The lowest BCUT2D eigenvalue weighted by Gasteiger charge is -2.41. The van der Waals surface area contributed by atoms with Crippen LogP contribution < -0.4 is 0 Å². The van der Waals surface area contributed by atoms with Crippen LogP contribution in [0, 0.1) is 0 Å². The summed E-state index contributed by atoms with van der Waals surface area (Å²) in [4.78, 5) is 0. The van der Waals surface area contributed by atoms with Gasteiger partial charge in [0.2, 0.25) is 0 Å². The summed E-state index contributed by atoms with van der Waals surface area (Å²) in [5.41, 5.74) is 4.77. The summed E-state index contributed by atoms with van der Waals surface area (Å²) in [5, 5.41) is 0. The highest BCUT2D eigenvalue weighted by Gasteiger charge is 2.39. The Balaban J connectivity index is 1.96. The van der Waals surface area contributed by atoms with Crippen molar-refractivity contribution in [2.24, 2.45) is 0 Å². The topological polar surface area (TPSA) is 9.23 Å². The van der Waals surface area contributed by atoms with Crippen molar-refractivity contribution in [2.45, 2.75) is 31.1 Å². The zero-order valence-corrected chi connectivity index (χ0v) is 10.4. The fraction of sp³-hybridized carbons (Fsp3) is 0.571. The first-order chi connectivity index (χ1) is 7.84. The molecule has 0 unspecified atom stereocenters. The molecule has 1 aliphatic carbocycles. The van der Waals surface area contributed by atoms with Crippen LogP contribution in [0.2, 0.25) is 0 Å². The third-order valence-corrected chi connectivity index (χ3v) is 4.63. The van der Waals surface area contributed by atoms with Gasteiger partial charge in [0, 0.05) is 5.75 Å². The van der Waals surface area contributed by atoms with E-state index >= 15 is 0 Å². The second-order valence-corrected chi connectivity index (χ2v) is 5.44. The van der Waals surface area contributed by atoms with Crippen LogP contribution in [-0.4, -0.2) is 19.0 Å². The van der Waals surface area contributed by atoms with E-state index in [2.05, 4.69) is 30.8 Å². The monoisotopic (exact) mass is 234 g/mol. The van der Waals surface area contributed by atoms with E-state index in [-0.39, 0.29) is 5.41 Å². The molecular formula is C14H18OS. The standard InChI is InChI=1S/C14H18OS/c16-10-14(8-15-9-14)13-6-5-11-3-1-2-4-12(11)7-13/h5-7,16H,1-4,8-10H2. The van der Waals surface area contributed by atoms with Crippen molar-refractivity contribution in [2.75, 3.05) is 19.0 Å². The molecule has 1 saturated heterocycles. The van der Waals surface area contributed by atoms with E-state index in [4.69, 9.17) is 4.74 Å². The number of hydrogen-bond donors (Lipinski definition) is 1. The molecule has 0 aromatic heterocycles. The molecule has 3 rings (SSSR count). The predicted molar refractivity (Wildman–Crippen MR) is 69.4 cm³/mol. The molecule has 1 fully saturated rings. The molecule has 0 N–H and O–H groups in total. The van der Waals surface area contributed by atoms with Gasteiger partial charge in [-0.25, -0.2) is 0 Å². The molecule has 0 spiro atoms. The number of fused-ring (bicyclic) bond motifs is 1. The minimum Gasteiger partial charge on any atom is -0.379 e. The number of hydrogen-bond acceptors (Lipinski definition) is 2. The Hall–Kier alpha value is -0.470. The normalized spacial score (nSPS) is 22.3. The zero-order valence-electron chi connectivity index (χ0n) is 9.54. The van der Waals surface area contributed by atoms with Crippen molar-refractivity contribution >= 4 is 12.6 Å². The predicted octanol–water partition coefficient (Wildman–Crippen LogP) is 2.76. The van der Waals surface area contributed by atoms with E-state index in [0.717, 1.165) is 19.0 Å². The van der Waals surface area contributed by atoms with Crippen LogP contribution in [0.25, 0.3) is 0 Å². The van der Waals surface area contributed by atoms with Crippen molar-refractivity contribution in [3.63, 3.8) is 0 Å². The summed E-state index contributed by atoms with van der Waals surface area (Å²) in [6, 6.07) is 7.03. The molecule has 0 radical (unpaired) electrons. The number of benzene rings is 1. The Morgan fingerprint density at radius 3 is 2.50 bits per heavy atom. The Morgan fingerprint density at radius 1 is 1.12 bits per heavy atom. The molecule has 0 amide bonds. The van der Waals surface area contributed by atoms with Crippen LogP contribution in [-0.2, 0) is 23.0 Å². The fourth-order valence-electron chi connectivity index (χ4n) is 2.76. The Bertz CT molecular complexity index is 390.